The zero-order valence-corrected chi connectivity index (χ0v) is 12.1. The van der Waals surface area contributed by atoms with Crippen LogP contribution >= 0.6 is 47.8 Å². The predicted octanol–water partition coefficient (Wildman–Crippen LogP) is 2.81. The summed E-state index contributed by atoms with van der Waals surface area (Å²) >= 11 is 10.3. The van der Waals surface area contributed by atoms with Gasteiger partial charge in [0.25, 0.3) is 0 Å². The molecule has 1 N–H and O–H groups in total. The van der Waals surface area contributed by atoms with Crippen LogP contribution < -0.4 is 0 Å². The highest BCUT2D eigenvalue weighted by molar-refractivity contribution is 9.39. The van der Waals surface area contributed by atoms with Gasteiger partial charge in [-0.15, -0.1) is 0 Å². The van der Waals surface area contributed by atoms with E-state index in [4.69, 9.17) is 4.74 Å². The quantitative estimate of drug-likeness (QED) is 0.657. The topological polar surface area (TPSA) is 29.5 Å². The van der Waals surface area contributed by atoms with Gasteiger partial charge in [-0.25, -0.2) is 0 Å². The van der Waals surface area contributed by atoms with Crippen molar-refractivity contribution in [3.05, 3.63) is 0 Å². The largest absolute Gasteiger partial charge is 0.368 e. The summed E-state index contributed by atoms with van der Waals surface area (Å²) in [6.45, 7) is 4.33. The molecule has 2 nitrogen and oxygen atoms in total. The number of hydrogen-bond acceptors (Lipinski definition) is 2. The maximum Gasteiger partial charge on any atom is 0.161 e. The van der Waals surface area contributed by atoms with Crippen molar-refractivity contribution in [2.45, 2.75) is 28.4 Å². The number of hydrogen-bond donors (Lipinski definition) is 1. The van der Waals surface area contributed by atoms with E-state index >= 15 is 0 Å². The standard InChI is InChI=1S/C8H11Br3O2/c1-7(2)3-4(7)6(12)13-5(3)8(9,10)11/h3-6,12H,1-2H3/t3-,4+,5-,6+/m1/s1. The van der Waals surface area contributed by atoms with Crippen molar-refractivity contribution >= 4 is 47.8 Å². The lowest BCUT2D eigenvalue weighted by molar-refractivity contribution is -0.125. The molecule has 0 unspecified atom stereocenters. The Morgan fingerprint density at radius 3 is 2.00 bits per heavy atom. The van der Waals surface area contributed by atoms with E-state index < -0.39 is 8.43 Å². The van der Waals surface area contributed by atoms with Gasteiger partial charge in [-0.2, -0.15) is 0 Å². The van der Waals surface area contributed by atoms with E-state index in [1.807, 2.05) is 0 Å². The van der Waals surface area contributed by atoms with Crippen LogP contribution in [0.15, 0.2) is 0 Å². The Bertz CT molecular complexity index is 233. The summed E-state index contributed by atoms with van der Waals surface area (Å²) < 4.78 is 5.02. The average molecular weight is 379 g/mol. The third kappa shape index (κ3) is 1.55. The van der Waals surface area contributed by atoms with E-state index in [-0.39, 0.29) is 17.4 Å². The number of halogens is 3. The third-order valence-electron chi connectivity index (χ3n) is 3.24. The predicted molar refractivity (Wildman–Crippen MR) is 61.2 cm³/mol. The number of alkyl halides is 3. The molecule has 0 aromatic rings. The van der Waals surface area contributed by atoms with Crippen LogP contribution in [0.2, 0.25) is 0 Å². The smallest absolute Gasteiger partial charge is 0.161 e. The molecule has 1 heterocycles. The molecule has 1 saturated heterocycles. The van der Waals surface area contributed by atoms with Gasteiger partial charge in [0.15, 0.2) is 8.43 Å². The van der Waals surface area contributed by atoms with Gasteiger partial charge < -0.3 is 9.84 Å². The minimum atomic E-state index is -0.614. The molecule has 0 bridgehead atoms. The zero-order chi connectivity index (χ0) is 10.0. The molecule has 4 atom stereocenters. The normalized spacial score (nSPS) is 47.5. The molecule has 0 aromatic heterocycles. The molecule has 1 aliphatic heterocycles. The first-order chi connectivity index (χ1) is 5.76. The van der Waals surface area contributed by atoms with E-state index in [1.165, 1.54) is 0 Å². The Morgan fingerprint density at radius 2 is 1.77 bits per heavy atom. The first-order valence-corrected chi connectivity index (χ1v) is 6.54. The van der Waals surface area contributed by atoms with Crippen molar-refractivity contribution < 1.29 is 9.84 Å². The molecular formula is C8H11Br3O2. The highest BCUT2D eigenvalue weighted by Gasteiger charge is 2.72. The number of aliphatic hydroxyl groups excluding tert-OH is 1. The number of fused-ring (bicyclic) bond motifs is 1. The van der Waals surface area contributed by atoms with E-state index in [9.17, 15) is 5.11 Å². The van der Waals surface area contributed by atoms with Crippen molar-refractivity contribution in [2.24, 2.45) is 17.3 Å². The van der Waals surface area contributed by atoms with Crippen LogP contribution in [0.25, 0.3) is 0 Å². The lowest BCUT2D eigenvalue weighted by atomic mass is 10.1. The van der Waals surface area contributed by atoms with Crippen LogP contribution in [0, 0.1) is 17.3 Å². The summed E-state index contributed by atoms with van der Waals surface area (Å²) in [4.78, 5) is 0. The van der Waals surface area contributed by atoms with E-state index in [0.29, 0.717) is 5.92 Å². The van der Waals surface area contributed by atoms with Gasteiger partial charge in [-0.1, -0.05) is 61.6 Å². The van der Waals surface area contributed by atoms with Crippen molar-refractivity contribution in [1.82, 2.24) is 0 Å². The fourth-order valence-electron chi connectivity index (χ4n) is 2.44. The number of ether oxygens (including phenoxy) is 1. The van der Waals surface area contributed by atoms with Gasteiger partial charge in [0.2, 0.25) is 0 Å². The van der Waals surface area contributed by atoms with Crippen molar-refractivity contribution in [1.29, 1.82) is 0 Å². The van der Waals surface area contributed by atoms with Gasteiger partial charge in [0.05, 0.1) is 6.10 Å². The molecule has 13 heavy (non-hydrogen) atoms. The monoisotopic (exact) mass is 376 g/mol. The maximum absolute atomic E-state index is 9.62. The lowest BCUT2D eigenvalue weighted by Gasteiger charge is -2.27. The molecule has 5 heteroatoms. The lowest BCUT2D eigenvalue weighted by Crippen LogP contribution is -2.32. The minimum Gasteiger partial charge on any atom is -0.368 e. The third-order valence-corrected chi connectivity index (χ3v) is 4.59. The summed E-state index contributed by atoms with van der Waals surface area (Å²) in [5.41, 5.74) is 0.197. The summed E-state index contributed by atoms with van der Waals surface area (Å²) in [6.07, 6.45) is -0.639. The van der Waals surface area contributed by atoms with Gasteiger partial charge in [-0.05, 0) is 5.41 Å². The second-order valence-corrected chi connectivity index (χ2v) is 11.3. The number of aliphatic hydroxyl groups is 1. The fraction of sp³-hybridized carbons (Fsp3) is 1.00. The van der Waals surface area contributed by atoms with Crippen LogP contribution in [0.5, 0.6) is 0 Å². The van der Waals surface area contributed by atoms with Crippen molar-refractivity contribution in [3.63, 3.8) is 0 Å². The van der Waals surface area contributed by atoms with Crippen LogP contribution in [-0.2, 0) is 4.74 Å². The van der Waals surface area contributed by atoms with E-state index in [1.54, 1.807) is 0 Å². The van der Waals surface area contributed by atoms with E-state index in [0.717, 1.165) is 0 Å². The molecule has 0 radical (unpaired) electrons. The Morgan fingerprint density at radius 1 is 1.23 bits per heavy atom. The van der Waals surface area contributed by atoms with Gasteiger partial charge in [-0.3, -0.25) is 0 Å². The second kappa shape index (κ2) is 2.94. The molecule has 1 aliphatic carbocycles. The zero-order valence-electron chi connectivity index (χ0n) is 7.30. The molecule has 2 rings (SSSR count). The molecule has 0 spiro atoms. The molecule has 2 fully saturated rings. The maximum atomic E-state index is 9.62. The van der Waals surface area contributed by atoms with Crippen LogP contribution in [0.3, 0.4) is 0 Å². The van der Waals surface area contributed by atoms with Crippen LogP contribution in [-0.4, -0.2) is 19.6 Å². The Kier molecular flexibility index (Phi) is 2.45. The molecular weight excluding hydrogens is 368 g/mol. The molecule has 76 valence electrons. The fourth-order valence-corrected chi connectivity index (χ4v) is 3.62. The summed E-state index contributed by atoms with van der Waals surface area (Å²) in [7, 11) is 0. The first-order valence-electron chi connectivity index (χ1n) is 4.16. The number of rotatable bonds is 0. The van der Waals surface area contributed by atoms with Gasteiger partial charge >= 0.3 is 0 Å². The Hall–Kier alpha value is 1.36. The molecule has 2 aliphatic rings. The van der Waals surface area contributed by atoms with Crippen LogP contribution in [0.4, 0.5) is 0 Å². The summed E-state index contributed by atoms with van der Waals surface area (Å²) in [5.74, 6) is 0.699. The van der Waals surface area contributed by atoms with Gasteiger partial charge in [0, 0.05) is 11.8 Å². The minimum absolute atomic E-state index is 0.0255. The average Bonchev–Trinajstić information content (AvgIpc) is 2.35. The first kappa shape index (κ1) is 10.9. The van der Waals surface area contributed by atoms with Crippen LogP contribution in [0.1, 0.15) is 13.8 Å². The Balaban J connectivity index is 2.19. The summed E-state index contributed by atoms with van der Waals surface area (Å²) in [6, 6.07) is 0. The van der Waals surface area contributed by atoms with Gasteiger partial charge in [0.1, 0.15) is 0 Å². The Labute approximate surface area is 103 Å². The van der Waals surface area contributed by atoms with Crippen molar-refractivity contribution in [2.75, 3.05) is 0 Å². The van der Waals surface area contributed by atoms with Crippen molar-refractivity contribution in [3.8, 4) is 0 Å². The molecule has 0 aromatic carbocycles. The highest BCUT2D eigenvalue weighted by Crippen LogP contribution is 2.69. The molecule has 1 saturated carbocycles. The highest BCUT2D eigenvalue weighted by atomic mass is 80.0. The van der Waals surface area contributed by atoms with E-state index in [2.05, 4.69) is 61.6 Å². The summed E-state index contributed by atoms with van der Waals surface area (Å²) in [5, 5.41) is 9.62. The SMILES string of the molecule is CC1(C)[C@@H]2[C@H]1[C@@H](O)O[C@H]2C(Br)(Br)Br. The molecule has 0 amide bonds. The second-order valence-electron chi connectivity index (χ2n) is 4.36.